The molecule has 2 aliphatic rings. The van der Waals surface area contributed by atoms with Crippen molar-refractivity contribution in [3.63, 3.8) is 0 Å². The molecule has 2 rings (SSSR count). The maximum Gasteiger partial charge on any atom is 0.306 e. The SMILES string of the molecule is CCCCCC(=N)/C=C/[C@H]1CC[C@@H]2OC(=O)CCC/C=C\C[C@@H]21. The zero-order valence-corrected chi connectivity index (χ0v) is 14.4. The first-order valence-electron chi connectivity index (χ1n) is 9.30. The molecular weight excluding hydrogens is 286 g/mol. The highest BCUT2D eigenvalue weighted by Gasteiger charge is 2.36. The van der Waals surface area contributed by atoms with E-state index in [9.17, 15) is 4.79 Å². The van der Waals surface area contributed by atoms with Gasteiger partial charge >= 0.3 is 5.97 Å². The number of hydrogen-bond acceptors (Lipinski definition) is 3. The van der Waals surface area contributed by atoms with Crippen molar-refractivity contribution in [2.45, 2.75) is 77.2 Å². The molecule has 0 spiro atoms. The standard InChI is InChI=1S/C20H31NO2/c1-2-3-6-9-17(21)14-12-16-13-15-19-18(16)10-7-4-5-8-11-20(22)23-19/h4,7,12,14,16,18-19,21H,2-3,5-6,8-11,13,15H2,1H3/b7-4-,14-12+,21-17?/t16-,18+,19-/m0/s1. The van der Waals surface area contributed by atoms with Gasteiger partial charge in [0.1, 0.15) is 6.10 Å². The number of esters is 1. The molecule has 1 heterocycles. The van der Waals surface area contributed by atoms with Crippen LogP contribution in [0.4, 0.5) is 0 Å². The third-order valence-electron chi connectivity index (χ3n) is 5.02. The quantitative estimate of drug-likeness (QED) is 0.316. The van der Waals surface area contributed by atoms with E-state index in [1.54, 1.807) is 0 Å². The van der Waals surface area contributed by atoms with Gasteiger partial charge in [-0.15, -0.1) is 0 Å². The van der Waals surface area contributed by atoms with Crippen LogP contribution in [-0.2, 0) is 9.53 Å². The maximum atomic E-state index is 11.9. The van der Waals surface area contributed by atoms with Gasteiger partial charge in [0.15, 0.2) is 0 Å². The lowest BCUT2D eigenvalue weighted by Crippen LogP contribution is -2.25. The van der Waals surface area contributed by atoms with E-state index in [4.69, 9.17) is 10.1 Å². The summed E-state index contributed by atoms with van der Waals surface area (Å²) in [5, 5.41) is 8.05. The van der Waals surface area contributed by atoms with E-state index in [1.165, 1.54) is 12.8 Å². The van der Waals surface area contributed by atoms with Crippen LogP contribution in [0.5, 0.6) is 0 Å². The molecular formula is C20H31NO2. The minimum atomic E-state index is -0.0350. The van der Waals surface area contributed by atoms with Gasteiger partial charge in [-0.2, -0.15) is 0 Å². The van der Waals surface area contributed by atoms with Crippen LogP contribution in [0.2, 0.25) is 0 Å². The molecule has 0 aromatic carbocycles. The summed E-state index contributed by atoms with van der Waals surface area (Å²) in [4.78, 5) is 11.9. The van der Waals surface area contributed by atoms with Crippen LogP contribution < -0.4 is 0 Å². The fourth-order valence-electron chi connectivity index (χ4n) is 3.62. The van der Waals surface area contributed by atoms with E-state index in [2.05, 4.69) is 25.2 Å². The Bertz CT molecular complexity index is 453. The van der Waals surface area contributed by atoms with Gasteiger partial charge in [-0.25, -0.2) is 0 Å². The van der Waals surface area contributed by atoms with Gasteiger partial charge in [0.2, 0.25) is 0 Å². The third-order valence-corrected chi connectivity index (χ3v) is 5.02. The lowest BCUT2D eigenvalue weighted by Gasteiger charge is -2.23. The van der Waals surface area contributed by atoms with E-state index >= 15 is 0 Å². The highest BCUT2D eigenvalue weighted by Crippen LogP contribution is 2.38. The second-order valence-electron chi connectivity index (χ2n) is 6.87. The summed E-state index contributed by atoms with van der Waals surface area (Å²) in [6.07, 6.45) is 18.5. The summed E-state index contributed by atoms with van der Waals surface area (Å²) in [6.45, 7) is 2.19. The van der Waals surface area contributed by atoms with Crippen LogP contribution in [0, 0.1) is 17.2 Å². The van der Waals surface area contributed by atoms with E-state index in [1.807, 2.05) is 6.08 Å². The summed E-state index contributed by atoms with van der Waals surface area (Å²) in [6, 6.07) is 0. The van der Waals surface area contributed by atoms with E-state index in [-0.39, 0.29) is 12.1 Å². The van der Waals surface area contributed by atoms with Crippen LogP contribution in [0.1, 0.15) is 71.1 Å². The summed E-state index contributed by atoms with van der Waals surface area (Å²) in [7, 11) is 0. The number of hydrogen-bond donors (Lipinski definition) is 1. The molecule has 0 bridgehead atoms. The molecule has 0 amide bonds. The molecule has 128 valence electrons. The Morgan fingerprint density at radius 2 is 2.22 bits per heavy atom. The maximum absolute atomic E-state index is 11.9. The zero-order chi connectivity index (χ0) is 16.5. The average Bonchev–Trinajstić information content (AvgIpc) is 2.91. The van der Waals surface area contributed by atoms with Gasteiger partial charge in [-0.1, -0.05) is 38.0 Å². The van der Waals surface area contributed by atoms with Crippen LogP contribution >= 0.6 is 0 Å². The molecule has 1 saturated carbocycles. The van der Waals surface area contributed by atoms with Gasteiger partial charge in [-0.3, -0.25) is 4.79 Å². The van der Waals surface area contributed by atoms with Crippen molar-refractivity contribution in [3.8, 4) is 0 Å². The largest absolute Gasteiger partial charge is 0.462 e. The molecule has 1 aliphatic heterocycles. The van der Waals surface area contributed by atoms with Crippen LogP contribution in [0.25, 0.3) is 0 Å². The van der Waals surface area contributed by atoms with Gasteiger partial charge in [0, 0.05) is 18.1 Å². The minimum absolute atomic E-state index is 0.0350. The topological polar surface area (TPSA) is 50.1 Å². The Hall–Kier alpha value is -1.38. The molecule has 1 aliphatic carbocycles. The van der Waals surface area contributed by atoms with Crippen molar-refractivity contribution in [1.82, 2.24) is 0 Å². The van der Waals surface area contributed by atoms with Gasteiger partial charge in [-0.05, 0) is 56.9 Å². The third kappa shape index (κ3) is 5.96. The highest BCUT2D eigenvalue weighted by molar-refractivity contribution is 5.92. The van der Waals surface area contributed by atoms with E-state index < -0.39 is 0 Å². The van der Waals surface area contributed by atoms with Crippen LogP contribution in [-0.4, -0.2) is 17.8 Å². The van der Waals surface area contributed by atoms with Gasteiger partial charge in [0.05, 0.1) is 0 Å². The molecule has 0 radical (unpaired) electrons. The fraction of sp³-hybridized carbons (Fsp3) is 0.700. The monoisotopic (exact) mass is 317 g/mol. The normalized spacial score (nSPS) is 30.0. The van der Waals surface area contributed by atoms with Crippen LogP contribution in [0.15, 0.2) is 24.3 Å². The highest BCUT2D eigenvalue weighted by atomic mass is 16.5. The predicted octanol–water partition coefficient (Wildman–Crippen LogP) is 5.21. The van der Waals surface area contributed by atoms with E-state index in [0.29, 0.717) is 18.3 Å². The minimum Gasteiger partial charge on any atom is -0.462 e. The average molecular weight is 317 g/mol. The number of ether oxygens (including phenoxy) is 1. The number of carbonyl (C=O) groups excluding carboxylic acids is 1. The van der Waals surface area contributed by atoms with Crippen molar-refractivity contribution in [3.05, 3.63) is 24.3 Å². The molecule has 1 fully saturated rings. The molecule has 3 nitrogen and oxygen atoms in total. The molecule has 0 aromatic rings. The molecule has 3 atom stereocenters. The Balaban J connectivity index is 1.93. The molecule has 1 N–H and O–H groups in total. The number of nitrogens with one attached hydrogen (secondary N) is 1. The van der Waals surface area contributed by atoms with E-state index in [0.717, 1.165) is 50.7 Å². The van der Waals surface area contributed by atoms with Crippen molar-refractivity contribution in [1.29, 1.82) is 5.41 Å². The Morgan fingerprint density at radius 3 is 3.04 bits per heavy atom. The smallest absolute Gasteiger partial charge is 0.306 e. The summed E-state index contributed by atoms with van der Waals surface area (Å²) in [5.41, 5.74) is 0.731. The number of carbonyl (C=O) groups is 1. The first kappa shape index (κ1) is 18.0. The summed E-state index contributed by atoms with van der Waals surface area (Å²) in [5.74, 6) is 0.781. The summed E-state index contributed by atoms with van der Waals surface area (Å²) >= 11 is 0. The number of fused-ring (bicyclic) bond motifs is 1. The van der Waals surface area contributed by atoms with Crippen LogP contribution in [0.3, 0.4) is 0 Å². The van der Waals surface area contributed by atoms with Crippen molar-refractivity contribution in [2.24, 2.45) is 11.8 Å². The first-order chi connectivity index (χ1) is 11.2. The van der Waals surface area contributed by atoms with Gasteiger partial charge < -0.3 is 10.1 Å². The molecule has 0 aromatic heterocycles. The lowest BCUT2D eigenvalue weighted by molar-refractivity contribution is -0.151. The Kier molecular flexibility index (Phi) is 7.57. The lowest BCUT2D eigenvalue weighted by atomic mass is 9.90. The number of rotatable bonds is 6. The second kappa shape index (κ2) is 9.69. The Labute approximate surface area is 140 Å². The molecule has 23 heavy (non-hydrogen) atoms. The molecule has 3 heteroatoms. The first-order valence-corrected chi connectivity index (χ1v) is 9.30. The second-order valence-corrected chi connectivity index (χ2v) is 6.87. The number of unbranched alkanes of at least 4 members (excludes halogenated alkanes) is 2. The predicted molar refractivity (Wildman–Crippen MR) is 94.7 cm³/mol. The molecule has 0 unspecified atom stereocenters. The van der Waals surface area contributed by atoms with Gasteiger partial charge in [0.25, 0.3) is 0 Å². The molecule has 0 saturated heterocycles. The van der Waals surface area contributed by atoms with Crippen molar-refractivity contribution >= 4 is 11.7 Å². The summed E-state index contributed by atoms with van der Waals surface area (Å²) < 4.78 is 5.71. The number of allylic oxidation sites excluding steroid dienone is 4. The Morgan fingerprint density at radius 1 is 1.35 bits per heavy atom. The zero-order valence-electron chi connectivity index (χ0n) is 14.4. The van der Waals surface area contributed by atoms with Crippen molar-refractivity contribution < 1.29 is 9.53 Å². The van der Waals surface area contributed by atoms with Crippen molar-refractivity contribution in [2.75, 3.05) is 0 Å². The fourth-order valence-corrected chi connectivity index (χ4v) is 3.62.